The standard InChI is InChI=1S/C41H60FN7O10/c1-12-29-41(8)32(48(38(54)59-41)19-15-16-20-49-35(44-45-46-49)27-17-13-14-18-43-27)25(4)30(50)23(2)22-39(6,55-11)34(26(5)33(52)40(7,42)37(53)57-29)58-36-31(51)28(47(9)10)21-24(3)56-36/h13-18,23-26,28-29,31-32,34,36,51H,12,19-22H2,1-11H3/b16-15+/t23-,24?,25+,26+,28?,29-,31?,32-,34-,36+,39-,40+,41-/m1/s1. The first-order chi connectivity index (χ1) is 27.7. The molecule has 0 aromatic carbocycles. The van der Waals surface area contributed by atoms with E-state index in [0.717, 1.165) is 6.92 Å². The van der Waals surface area contributed by atoms with Gasteiger partial charge in [-0.15, -0.1) is 5.10 Å². The van der Waals surface area contributed by atoms with Crippen molar-refractivity contribution in [2.24, 2.45) is 17.8 Å². The molecular formula is C41H60FN7O10. The number of esters is 1. The number of alkyl halides is 1. The molecule has 2 aromatic rings. The maximum Gasteiger partial charge on any atom is 0.411 e. The van der Waals surface area contributed by atoms with Crippen LogP contribution in [-0.4, -0.2) is 151 Å². The van der Waals surface area contributed by atoms with Crippen LogP contribution in [0.1, 0.15) is 74.7 Å². The topological polar surface area (TPSA) is 198 Å². The fraction of sp³-hybridized carbons (Fsp3) is 0.707. The largest absolute Gasteiger partial charge is 0.455 e. The van der Waals surface area contributed by atoms with Gasteiger partial charge in [0.05, 0.1) is 30.4 Å². The van der Waals surface area contributed by atoms with Gasteiger partial charge in [0, 0.05) is 43.6 Å². The SMILES string of the molecule is CC[C@H]1OC(=O)[C@@](C)(F)C(=O)[C@H](C)[C@@H](O[C@@H]2OC(C)CC(N(C)C)C2O)[C@](C)(OC)C[C@@H](C)C(=O)[C@H](C)[C@H]2N(C/C=C/Cn3nnnc3-c3ccccn3)C(=O)O[C@]12C. The molecule has 5 heterocycles. The Kier molecular flexibility index (Phi) is 14.1. The van der Waals surface area contributed by atoms with Gasteiger partial charge < -0.3 is 33.7 Å². The zero-order valence-corrected chi connectivity index (χ0v) is 35.9. The van der Waals surface area contributed by atoms with Gasteiger partial charge in [0.15, 0.2) is 17.7 Å². The van der Waals surface area contributed by atoms with Crippen molar-refractivity contribution >= 4 is 23.6 Å². The summed E-state index contributed by atoms with van der Waals surface area (Å²) in [5.41, 5.74) is -5.75. The van der Waals surface area contributed by atoms with Crippen molar-refractivity contribution in [3.63, 3.8) is 0 Å². The summed E-state index contributed by atoms with van der Waals surface area (Å²) in [6.07, 6.45) is -0.543. The molecule has 1 amide bonds. The lowest BCUT2D eigenvalue weighted by Crippen LogP contribution is -2.61. The lowest BCUT2D eigenvalue weighted by Gasteiger charge is -2.47. The monoisotopic (exact) mass is 829 g/mol. The van der Waals surface area contributed by atoms with Crippen LogP contribution in [0.2, 0.25) is 0 Å². The summed E-state index contributed by atoms with van der Waals surface area (Å²) in [6, 6.07) is 3.99. The number of aromatic nitrogens is 5. The summed E-state index contributed by atoms with van der Waals surface area (Å²) >= 11 is 0. The lowest BCUT2D eigenvalue weighted by molar-refractivity contribution is -0.295. The summed E-state index contributed by atoms with van der Waals surface area (Å²) < 4.78 is 48.9. The predicted molar refractivity (Wildman–Crippen MR) is 210 cm³/mol. The Bertz CT molecular complexity index is 1850. The van der Waals surface area contributed by atoms with Gasteiger partial charge in [0.2, 0.25) is 5.82 Å². The number of aliphatic hydroxyl groups is 1. The first-order valence-corrected chi connectivity index (χ1v) is 20.2. The molecule has 3 saturated heterocycles. The molecule has 0 radical (unpaired) electrons. The van der Waals surface area contributed by atoms with E-state index in [1.807, 2.05) is 32.0 Å². The van der Waals surface area contributed by atoms with Gasteiger partial charge in [-0.3, -0.25) is 19.5 Å². The minimum absolute atomic E-state index is 0.0187. The third kappa shape index (κ3) is 9.11. The van der Waals surface area contributed by atoms with E-state index in [4.69, 9.17) is 23.7 Å². The van der Waals surface area contributed by atoms with Crippen molar-refractivity contribution < 1.29 is 52.4 Å². The molecule has 0 spiro atoms. The van der Waals surface area contributed by atoms with Gasteiger partial charge in [0.1, 0.15) is 23.7 Å². The van der Waals surface area contributed by atoms with E-state index in [1.54, 1.807) is 65.1 Å². The number of pyridine rings is 1. The minimum atomic E-state index is -3.20. The number of carbonyl (C=O) groups is 4. The molecule has 1 N–H and O–H groups in total. The number of cyclic esters (lactones) is 1. The third-order valence-corrected chi connectivity index (χ3v) is 12.4. The summed E-state index contributed by atoms with van der Waals surface area (Å²) in [5.74, 6) is -5.55. The maximum atomic E-state index is 16.9. The molecular weight excluding hydrogens is 769 g/mol. The van der Waals surface area contributed by atoms with E-state index in [9.17, 15) is 24.3 Å². The Morgan fingerprint density at radius 2 is 1.75 bits per heavy atom. The average Bonchev–Trinajstić information content (AvgIpc) is 3.78. The number of hydrogen-bond donors (Lipinski definition) is 1. The molecule has 18 heteroatoms. The van der Waals surface area contributed by atoms with Gasteiger partial charge in [-0.05, 0) is 83.6 Å². The molecule has 5 rings (SSSR count). The number of nitrogens with zero attached hydrogens (tertiary/aromatic N) is 7. The number of methoxy groups -OCH3 is 1. The molecule has 17 nitrogen and oxygen atoms in total. The van der Waals surface area contributed by atoms with Gasteiger partial charge in [-0.25, -0.2) is 18.7 Å². The molecule has 0 aliphatic carbocycles. The van der Waals surface area contributed by atoms with E-state index < -0.39 is 83.1 Å². The fourth-order valence-corrected chi connectivity index (χ4v) is 9.04. The number of rotatable bonds is 10. The molecule has 13 atom stereocenters. The molecule has 59 heavy (non-hydrogen) atoms. The Balaban J connectivity index is 1.51. The predicted octanol–water partition coefficient (Wildman–Crippen LogP) is 3.59. The number of hydrogen-bond acceptors (Lipinski definition) is 15. The highest BCUT2D eigenvalue weighted by Crippen LogP contribution is 2.43. The Hall–Kier alpha value is -4.23. The maximum absolute atomic E-state index is 16.9. The second kappa shape index (κ2) is 18.2. The van der Waals surface area contributed by atoms with Crippen LogP contribution in [0.3, 0.4) is 0 Å². The van der Waals surface area contributed by atoms with Gasteiger partial charge in [-0.2, -0.15) is 0 Å². The number of fused-ring (bicyclic) bond motifs is 1. The van der Waals surface area contributed by atoms with E-state index in [2.05, 4.69) is 20.5 Å². The van der Waals surface area contributed by atoms with Crippen molar-refractivity contribution in [1.82, 2.24) is 35.0 Å². The van der Waals surface area contributed by atoms with Crippen LogP contribution in [0.4, 0.5) is 9.18 Å². The van der Waals surface area contributed by atoms with Crippen LogP contribution in [0.15, 0.2) is 36.5 Å². The highest BCUT2D eigenvalue weighted by atomic mass is 19.1. The van der Waals surface area contributed by atoms with E-state index in [-0.39, 0.29) is 43.9 Å². The number of allylic oxidation sites excluding steroid dienone is 1. The van der Waals surface area contributed by atoms with Crippen LogP contribution < -0.4 is 0 Å². The third-order valence-electron chi connectivity index (χ3n) is 12.4. The molecule has 3 unspecified atom stereocenters. The highest BCUT2D eigenvalue weighted by molar-refractivity contribution is 6.08. The van der Waals surface area contributed by atoms with E-state index in [0.29, 0.717) is 17.9 Å². The molecule has 3 aliphatic rings. The van der Waals surface area contributed by atoms with Crippen LogP contribution in [0.5, 0.6) is 0 Å². The zero-order chi connectivity index (χ0) is 43.6. The molecule has 2 aromatic heterocycles. The number of Topliss-reactive ketones (excluding diaryl/α,β-unsaturated/α-hetero) is 2. The van der Waals surface area contributed by atoms with Gasteiger partial charge in [0.25, 0.3) is 5.67 Å². The van der Waals surface area contributed by atoms with Crippen LogP contribution in [-0.2, 0) is 44.6 Å². The number of ketones is 2. The smallest absolute Gasteiger partial charge is 0.411 e. The normalized spacial score (nSPS) is 37.7. The highest BCUT2D eigenvalue weighted by Gasteiger charge is 2.61. The Labute approximate surface area is 344 Å². The lowest BCUT2D eigenvalue weighted by atomic mass is 9.73. The van der Waals surface area contributed by atoms with Gasteiger partial charge in [-0.1, -0.05) is 45.9 Å². The first-order valence-electron chi connectivity index (χ1n) is 20.2. The number of amides is 1. The Morgan fingerprint density at radius 3 is 2.37 bits per heavy atom. The minimum Gasteiger partial charge on any atom is -0.455 e. The molecule has 3 aliphatic heterocycles. The summed E-state index contributed by atoms with van der Waals surface area (Å²) in [7, 11) is 5.02. The number of ether oxygens (including phenoxy) is 5. The fourth-order valence-electron chi connectivity index (χ4n) is 9.04. The average molecular weight is 830 g/mol. The quantitative estimate of drug-likeness (QED) is 0.207. The second-order valence-electron chi connectivity index (χ2n) is 16.9. The van der Waals surface area contributed by atoms with Crippen LogP contribution in [0.25, 0.3) is 11.5 Å². The van der Waals surface area contributed by atoms with Crippen molar-refractivity contribution in [3.05, 3.63) is 36.5 Å². The van der Waals surface area contributed by atoms with Crippen molar-refractivity contribution in [2.45, 2.75) is 141 Å². The number of tetrazole rings is 1. The Morgan fingerprint density at radius 1 is 1.05 bits per heavy atom. The molecule has 326 valence electrons. The molecule has 0 saturated carbocycles. The first kappa shape index (κ1) is 45.8. The molecule has 3 fully saturated rings. The van der Waals surface area contributed by atoms with Crippen molar-refractivity contribution in [2.75, 3.05) is 27.7 Å². The number of aliphatic hydroxyl groups excluding tert-OH is 1. The van der Waals surface area contributed by atoms with E-state index in [1.165, 1.54) is 23.6 Å². The number of likely N-dealkylation sites (N-methyl/N-ethyl adjacent to an activating group) is 1. The van der Waals surface area contributed by atoms with Crippen LogP contribution >= 0.6 is 0 Å². The van der Waals surface area contributed by atoms with E-state index >= 15 is 4.39 Å². The number of halogens is 1. The second-order valence-corrected chi connectivity index (χ2v) is 16.9. The zero-order valence-electron chi connectivity index (χ0n) is 35.9. The van der Waals surface area contributed by atoms with Crippen molar-refractivity contribution in [1.29, 1.82) is 0 Å². The van der Waals surface area contributed by atoms with Crippen molar-refractivity contribution in [3.8, 4) is 11.5 Å². The summed E-state index contributed by atoms with van der Waals surface area (Å²) in [4.78, 5) is 64.2. The summed E-state index contributed by atoms with van der Waals surface area (Å²) in [6.45, 7) is 12.5. The van der Waals surface area contributed by atoms with Gasteiger partial charge >= 0.3 is 12.1 Å². The number of carbonyl (C=O) groups excluding carboxylic acids is 4. The van der Waals surface area contributed by atoms with Crippen LogP contribution in [0, 0.1) is 17.8 Å². The summed E-state index contributed by atoms with van der Waals surface area (Å²) in [5, 5.41) is 23.3. The molecule has 0 bridgehead atoms.